The third-order valence-corrected chi connectivity index (χ3v) is 5.85. The SMILES string of the molecule is Cn1c(SCC(=O)NC2CCCCCC2)nnc1-c1ccccc1Cl. The first-order valence-corrected chi connectivity index (χ1v) is 10.1. The second-order valence-corrected chi connectivity index (χ2v) is 7.74. The lowest BCUT2D eigenvalue weighted by Gasteiger charge is -2.15. The summed E-state index contributed by atoms with van der Waals surface area (Å²) in [6.45, 7) is 0. The lowest BCUT2D eigenvalue weighted by molar-refractivity contribution is -0.119. The predicted octanol–water partition coefficient (Wildman–Crippen LogP) is 4.07. The van der Waals surface area contributed by atoms with Crippen molar-refractivity contribution in [2.45, 2.75) is 49.7 Å². The zero-order valence-electron chi connectivity index (χ0n) is 14.4. The number of rotatable bonds is 5. The molecule has 1 aliphatic carbocycles. The van der Waals surface area contributed by atoms with Gasteiger partial charge in [-0.05, 0) is 25.0 Å². The van der Waals surface area contributed by atoms with E-state index >= 15 is 0 Å². The number of carbonyl (C=O) groups excluding carboxylic acids is 1. The largest absolute Gasteiger partial charge is 0.353 e. The first-order valence-electron chi connectivity index (χ1n) is 8.71. The van der Waals surface area contributed by atoms with Crippen LogP contribution in [0.15, 0.2) is 29.4 Å². The minimum absolute atomic E-state index is 0.0687. The smallest absolute Gasteiger partial charge is 0.230 e. The van der Waals surface area contributed by atoms with E-state index in [0.717, 1.165) is 18.4 Å². The summed E-state index contributed by atoms with van der Waals surface area (Å²) in [5.41, 5.74) is 0.842. The summed E-state index contributed by atoms with van der Waals surface area (Å²) in [5, 5.41) is 12.9. The van der Waals surface area contributed by atoms with Crippen LogP contribution in [0, 0.1) is 0 Å². The van der Waals surface area contributed by atoms with Gasteiger partial charge < -0.3 is 9.88 Å². The molecule has 0 spiro atoms. The molecule has 0 aliphatic heterocycles. The Balaban J connectivity index is 1.58. The summed E-state index contributed by atoms with van der Waals surface area (Å²) >= 11 is 7.64. The maximum atomic E-state index is 12.2. The van der Waals surface area contributed by atoms with Gasteiger partial charge >= 0.3 is 0 Å². The van der Waals surface area contributed by atoms with Gasteiger partial charge in [-0.15, -0.1) is 10.2 Å². The van der Waals surface area contributed by atoms with Crippen molar-refractivity contribution in [1.82, 2.24) is 20.1 Å². The van der Waals surface area contributed by atoms with Crippen LogP contribution in [-0.4, -0.2) is 32.5 Å². The lowest BCUT2D eigenvalue weighted by Crippen LogP contribution is -2.35. The second-order valence-electron chi connectivity index (χ2n) is 6.39. The van der Waals surface area contributed by atoms with Crippen molar-refractivity contribution in [1.29, 1.82) is 0 Å². The molecule has 1 heterocycles. The van der Waals surface area contributed by atoms with Crippen LogP contribution in [-0.2, 0) is 11.8 Å². The molecule has 5 nitrogen and oxygen atoms in total. The number of nitrogens with one attached hydrogen (secondary N) is 1. The van der Waals surface area contributed by atoms with Gasteiger partial charge in [-0.1, -0.05) is 61.2 Å². The van der Waals surface area contributed by atoms with Crippen LogP contribution in [0.2, 0.25) is 5.02 Å². The number of hydrogen-bond acceptors (Lipinski definition) is 4. The molecular formula is C18H23ClN4OS. The molecular weight excluding hydrogens is 356 g/mol. The molecule has 1 fully saturated rings. The van der Waals surface area contributed by atoms with Crippen LogP contribution in [0.4, 0.5) is 0 Å². The Morgan fingerprint density at radius 3 is 2.68 bits per heavy atom. The number of amides is 1. The zero-order chi connectivity index (χ0) is 17.6. The number of benzene rings is 1. The van der Waals surface area contributed by atoms with E-state index in [1.807, 2.05) is 35.9 Å². The molecule has 1 saturated carbocycles. The van der Waals surface area contributed by atoms with Gasteiger partial charge in [0.25, 0.3) is 0 Å². The van der Waals surface area contributed by atoms with Crippen molar-refractivity contribution in [3.8, 4) is 11.4 Å². The molecule has 0 atom stereocenters. The van der Waals surface area contributed by atoms with Crippen molar-refractivity contribution in [2.75, 3.05) is 5.75 Å². The molecule has 1 N–H and O–H groups in total. The minimum atomic E-state index is 0.0687. The highest BCUT2D eigenvalue weighted by Gasteiger charge is 2.17. The summed E-state index contributed by atoms with van der Waals surface area (Å²) in [7, 11) is 1.89. The summed E-state index contributed by atoms with van der Waals surface area (Å²) in [6.07, 6.45) is 7.18. The van der Waals surface area contributed by atoms with Gasteiger partial charge in [0.2, 0.25) is 5.91 Å². The molecule has 0 bridgehead atoms. The van der Waals surface area contributed by atoms with Crippen molar-refractivity contribution in [3.05, 3.63) is 29.3 Å². The lowest BCUT2D eigenvalue weighted by atomic mass is 10.1. The highest BCUT2D eigenvalue weighted by molar-refractivity contribution is 7.99. The fourth-order valence-electron chi connectivity index (χ4n) is 3.14. The van der Waals surface area contributed by atoms with Crippen LogP contribution < -0.4 is 5.32 Å². The molecule has 0 unspecified atom stereocenters. The fraction of sp³-hybridized carbons (Fsp3) is 0.500. The Bertz CT molecular complexity index is 726. The standard InChI is InChI=1S/C18H23ClN4OS/c1-23-17(14-10-6-7-11-15(14)19)21-22-18(23)25-12-16(24)20-13-8-4-2-3-5-9-13/h6-7,10-11,13H,2-5,8-9,12H2,1H3,(H,20,24). The van der Waals surface area contributed by atoms with E-state index in [1.165, 1.54) is 37.4 Å². The Kier molecular flexibility index (Phi) is 6.37. The third-order valence-electron chi connectivity index (χ3n) is 4.50. The number of nitrogens with zero attached hydrogens (tertiary/aromatic N) is 3. The van der Waals surface area contributed by atoms with E-state index in [1.54, 1.807) is 0 Å². The summed E-state index contributed by atoms with van der Waals surface area (Å²) in [6, 6.07) is 7.88. The number of thioether (sulfide) groups is 1. The Labute approximate surface area is 157 Å². The van der Waals surface area contributed by atoms with Crippen LogP contribution in [0.5, 0.6) is 0 Å². The molecule has 1 aliphatic rings. The number of hydrogen-bond donors (Lipinski definition) is 1. The van der Waals surface area contributed by atoms with Gasteiger partial charge in [0.1, 0.15) is 0 Å². The van der Waals surface area contributed by atoms with Crippen LogP contribution in [0.1, 0.15) is 38.5 Å². The van der Waals surface area contributed by atoms with Crippen molar-refractivity contribution >= 4 is 29.3 Å². The van der Waals surface area contributed by atoms with Gasteiger partial charge in [-0.3, -0.25) is 4.79 Å². The monoisotopic (exact) mass is 378 g/mol. The number of aromatic nitrogens is 3. The zero-order valence-corrected chi connectivity index (χ0v) is 15.9. The van der Waals surface area contributed by atoms with Gasteiger partial charge in [-0.2, -0.15) is 0 Å². The van der Waals surface area contributed by atoms with Crippen molar-refractivity contribution in [2.24, 2.45) is 7.05 Å². The summed E-state index contributed by atoms with van der Waals surface area (Å²) < 4.78 is 1.88. The van der Waals surface area contributed by atoms with Gasteiger partial charge in [0.05, 0.1) is 10.8 Å². The second kappa shape index (κ2) is 8.72. The average molecular weight is 379 g/mol. The van der Waals surface area contributed by atoms with E-state index in [0.29, 0.717) is 27.8 Å². The molecule has 134 valence electrons. The van der Waals surface area contributed by atoms with Crippen molar-refractivity contribution < 1.29 is 4.79 Å². The van der Waals surface area contributed by atoms with E-state index in [9.17, 15) is 4.79 Å². The average Bonchev–Trinajstić information content (AvgIpc) is 2.80. The summed E-state index contributed by atoms with van der Waals surface area (Å²) in [4.78, 5) is 12.2. The predicted molar refractivity (Wildman–Crippen MR) is 102 cm³/mol. The van der Waals surface area contributed by atoms with E-state index in [-0.39, 0.29) is 5.91 Å². The Morgan fingerprint density at radius 1 is 1.24 bits per heavy atom. The molecule has 0 radical (unpaired) electrons. The number of halogens is 1. The van der Waals surface area contributed by atoms with E-state index in [2.05, 4.69) is 15.5 Å². The highest BCUT2D eigenvalue weighted by atomic mass is 35.5. The van der Waals surface area contributed by atoms with Crippen LogP contribution in [0.3, 0.4) is 0 Å². The molecule has 1 amide bonds. The molecule has 1 aromatic carbocycles. The normalized spacial score (nSPS) is 15.8. The maximum absolute atomic E-state index is 12.2. The van der Waals surface area contributed by atoms with Crippen LogP contribution >= 0.6 is 23.4 Å². The van der Waals surface area contributed by atoms with Gasteiger partial charge in [0.15, 0.2) is 11.0 Å². The Morgan fingerprint density at radius 2 is 1.96 bits per heavy atom. The van der Waals surface area contributed by atoms with Gasteiger partial charge in [0, 0.05) is 18.7 Å². The molecule has 2 aromatic rings. The first-order chi connectivity index (χ1) is 12.1. The fourth-order valence-corrected chi connectivity index (χ4v) is 4.08. The first kappa shape index (κ1) is 18.3. The summed E-state index contributed by atoms with van der Waals surface area (Å²) in [5.74, 6) is 1.13. The van der Waals surface area contributed by atoms with Crippen molar-refractivity contribution in [3.63, 3.8) is 0 Å². The molecule has 3 rings (SSSR count). The number of carbonyl (C=O) groups is 1. The minimum Gasteiger partial charge on any atom is -0.353 e. The molecule has 1 aromatic heterocycles. The molecule has 0 saturated heterocycles. The van der Waals surface area contributed by atoms with E-state index in [4.69, 9.17) is 11.6 Å². The molecule has 7 heteroatoms. The maximum Gasteiger partial charge on any atom is 0.230 e. The van der Waals surface area contributed by atoms with E-state index < -0.39 is 0 Å². The quantitative estimate of drug-likeness (QED) is 0.629. The molecule has 25 heavy (non-hydrogen) atoms. The third kappa shape index (κ3) is 4.76. The van der Waals surface area contributed by atoms with Crippen LogP contribution in [0.25, 0.3) is 11.4 Å². The topological polar surface area (TPSA) is 59.8 Å². The Hall–Kier alpha value is -1.53. The highest BCUT2D eigenvalue weighted by Crippen LogP contribution is 2.28. The van der Waals surface area contributed by atoms with Gasteiger partial charge in [-0.25, -0.2) is 0 Å².